The molecule has 2 aromatic rings. The molecule has 0 aliphatic carbocycles. The number of hydrogen-bond acceptors (Lipinski definition) is 3. The van der Waals surface area contributed by atoms with Gasteiger partial charge in [-0.25, -0.2) is 0 Å². The highest BCUT2D eigenvalue weighted by molar-refractivity contribution is 7.09. The van der Waals surface area contributed by atoms with Gasteiger partial charge in [-0.15, -0.1) is 11.3 Å². The average Bonchev–Trinajstić information content (AvgIpc) is 2.82. The number of aromatic nitrogens is 1. The van der Waals surface area contributed by atoms with Crippen molar-refractivity contribution in [1.82, 2.24) is 4.98 Å². The number of nitrogens with zero attached hydrogens (tertiary/aromatic N) is 1. The molecule has 2 rings (SSSR count). The van der Waals surface area contributed by atoms with Crippen molar-refractivity contribution in [3.05, 3.63) is 52.5 Å². The normalized spacial score (nSPS) is 12.3. The molecule has 0 N–H and O–H groups in total. The van der Waals surface area contributed by atoms with Gasteiger partial charge in [0.15, 0.2) is 0 Å². The molecule has 1 aromatic carbocycles. The lowest BCUT2D eigenvalue weighted by Gasteiger charge is -2.09. The second-order valence-electron chi connectivity index (χ2n) is 3.74. The third-order valence-electron chi connectivity index (χ3n) is 2.61. The number of ketones is 1. The lowest BCUT2D eigenvalue weighted by molar-refractivity contribution is -0.119. The number of benzene rings is 1. The van der Waals surface area contributed by atoms with Crippen LogP contribution >= 0.6 is 11.3 Å². The van der Waals surface area contributed by atoms with E-state index in [-0.39, 0.29) is 11.7 Å². The largest absolute Gasteiger partial charge is 0.299 e. The predicted octanol–water partition coefficient (Wildman–Crippen LogP) is 3.06. The van der Waals surface area contributed by atoms with Gasteiger partial charge in [0.25, 0.3) is 0 Å². The molecule has 3 heteroatoms. The van der Waals surface area contributed by atoms with E-state index >= 15 is 0 Å². The smallest absolute Gasteiger partial charge is 0.145 e. The molecule has 0 amide bonds. The van der Waals surface area contributed by atoms with Gasteiger partial charge in [-0.3, -0.25) is 9.78 Å². The zero-order valence-corrected chi connectivity index (χ0v) is 9.91. The van der Waals surface area contributed by atoms with Crippen LogP contribution in [0.2, 0.25) is 0 Å². The van der Waals surface area contributed by atoms with E-state index in [9.17, 15) is 4.79 Å². The fourth-order valence-corrected chi connectivity index (χ4v) is 2.19. The van der Waals surface area contributed by atoms with Crippen LogP contribution in [-0.2, 0) is 11.2 Å². The molecule has 1 atom stereocenters. The highest BCUT2D eigenvalue weighted by Gasteiger charge is 2.15. The van der Waals surface area contributed by atoms with Gasteiger partial charge in [0, 0.05) is 23.4 Å². The highest BCUT2D eigenvalue weighted by Crippen LogP contribution is 2.18. The van der Waals surface area contributed by atoms with Crippen LogP contribution in [0.3, 0.4) is 0 Å². The number of carbonyl (C=O) groups excluding carboxylic acids is 1. The number of hydrogen-bond donors (Lipinski definition) is 0. The first-order valence-corrected chi connectivity index (χ1v) is 6.10. The summed E-state index contributed by atoms with van der Waals surface area (Å²) in [6.07, 6.45) is 2.25. The van der Waals surface area contributed by atoms with Crippen molar-refractivity contribution in [3.63, 3.8) is 0 Å². The summed E-state index contributed by atoms with van der Waals surface area (Å²) in [5.74, 6) is 0.207. The topological polar surface area (TPSA) is 30.0 Å². The molecule has 2 nitrogen and oxygen atoms in total. The summed E-state index contributed by atoms with van der Waals surface area (Å²) < 4.78 is 0. The molecule has 1 aromatic heterocycles. The maximum absolute atomic E-state index is 12.0. The van der Waals surface area contributed by atoms with Crippen LogP contribution in [-0.4, -0.2) is 10.8 Å². The van der Waals surface area contributed by atoms with Gasteiger partial charge >= 0.3 is 0 Å². The first-order chi connectivity index (χ1) is 7.77. The van der Waals surface area contributed by atoms with Crippen molar-refractivity contribution in [2.45, 2.75) is 19.3 Å². The molecule has 0 aliphatic rings. The molecule has 0 aliphatic heterocycles. The Balaban J connectivity index is 2.05. The number of rotatable bonds is 4. The van der Waals surface area contributed by atoms with Gasteiger partial charge in [-0.05, 0) is 5.56 Å². The van der Waals surface area contributed by atoms with E-state index in [1.165, 1.54) is 11.3 Å². The zero-order chi connectivity index (χ0) is 11.4. The van der Waals surface area contributed by atoms with Crippen molar-refractivity contribution in [2.75, 3.05) is 0 Å². The van der Waals surface area contributed by atoms with Crippen LogP contribution in [0.4, 0.5) is 0 Å². The Kier molecular flexibility index (Phi) is 3.47. The Hall–Kier alpha value is -1.48. The van der Waals surface area contributed by atoms with Crippen LogP contribution in [0.25, 0.3) is 0 Å². The van der Waals surface area contributed by atoms with Crippen LogP contribution in [0, 0.1) is 0 Å². The Morgan fingerprint density at radius 2 is 2.12 bits per heavy atom. The van der Waals surface area contributed by atoms with Crippen LogP contribution in [0.1, 0.15) is 23.3 Å². The highest BCUT2D eigenvalue weighted by atomic mass is 32.1. The van der Waals surface area contributed by atoms with Gasteiger partial charge in [-0.1, -0.05) is 37.3 Å². The minimum absolute atomic E-state index is 0.0386. The summed E-state index contributed by atoms with van der Waals surface area (Å²) in [7, 11) is 0. The van der Waals surface area contributed by atoms with Crippen LogP contribution < -0.4 is 0 Å². The molecule has 16 heavy (non-hydrogen) atoms. The SMILES string of the molecule is CC(C(=O)Cc1cncs1)c1ccccc1. The quantitative estimate of drug-likeness (QED) is 0.809. The minimum atomic E-state index is -0.0386. The van der Waals surface area contributed by atoms with Crippen LogP contribution in [0.5, 0.6) is 0 Å². The second-order valence-corrected chi connectivity index (χ2v) is 4.71. The Morgan fingerprint density at radius 3 is 2.75 bits per heavy atom. The Bertz CT molecular complexity index is 450. The molecule has 0 radical (unpaired) electrons. The van der Waals surface area contributed by atoms with Gasteiger partial charge in [0.1, 0.15) is 5.78 Å². The summed E-state index contributed by atoms with van der Waals surface area (Å²) in [4.78, 5) is 17.0. The lowest BCUT2D eigenvalue weighted by Crippen LogP contribution is -2.11. The molecule has 1 unspecified atom stereocenters. The minimum Gasteiger partial charge on any atom is -0.299 e. The van der Waals surface area contributed by atoms with E-state index in [4.69, 9.17) is 0 Å². The molecule has 0 spiro atoms. The maximum Gasteiger partial charge on any atom is 0.145 e. The Morgan fingerprint density at radius 1 is 1.38 bits per heavy atom. The summed E-state index contributed by atoms with van der Waals surface area (Å²) >= 11 is 1.53. The molecule has 1 heterocycles. The van der Waals surface area contributed by atoms with Crippen molar-refractivity contribution >= 4 is 17.1 Å². The second kappa shape index (κ2) is 5.03. The van der Waals surface area contributed by atoms with E-state index < -0.39 is 0 Å². The molecule has 0 saturated heterocycles. The first-order valence-electron chi connectivity index (χ1n) is 5.22. The third kappa shape index (κ3) is 2.55. The van der Waals surface area contributed by atoms with Crippen molar-refractivity contribution in [3.8, 4) is 0 Å². The molecule has 0 fully saturated rings. The summed E-state index contributed by atoms with van der Waals surface area (Å²) in [6.45, 7) is 1.96. The zero-order valence-electron chi connectivity index (χ0n) is 9.09. The standard InChI is InChI=1S/C13H13NOS/c1-10(11-5-3-2-4-6-11)13(15)7-12-8-14-9-16-12/h2-6,8-10H,7H2,1H3. The third-order valence-corrected chi connectivity index (χ3v) is 3.39. The average molecular weight is 231 g/mol. The summed E-state index contributed by atoms with van der Waals surface area (Å²) in [5, 5.41) is 0. The Labute approximate surface area is 99.0 Å². The van der Waals surface area contributed by atoms with Gasteiger partial charge in [0.05, 0.1) is 5.51 Å². The summed E-state index contributed by atoms with van der Waals surface area (Å²) in [6, 6.07) is 9.88. The van der Waals surface area contributed by atoms with Crippen LogP contribution in [0.15, 0.2) is 42.0 Å². The van der Waals surface area contributed by atoms with Gasteiger partial charge in [0.2, 0.25) is 0 Å². The molecular weight excluding hydrogens is 218 g/mol. The van der Waals surface area contributed by atoms with E-state index in [1.807, 2.05) is 37.3 Å². The van der Waals surface area contributed by atoms with Crippen molar-refractivity contribution in [2.24, 2.45) is 0 Å². The summed E-state index contributed by atoms with van der Waals surface area (Å²) in [5.41, 5.74) is 2.84. The fraction of sp³-hybridized carbons (Fsp3) is 0.231. The molecule has 0 saturated carbocycles. The molecule has 82 valence electrons. The molecular formula is C13H13NOS. The number of thiazole rings is 1. The van der Waals surface area contributed by atoms with E-state index in [1.54, 1.807) is 11.7 Å². The van der Waals surface area contributed by atoms with Crippen molar-refractivity contribution < 1.29 is 4.79 Å². The first kappa shape index (κ1) is 11.0. The number of Topliss-reactive ketones (excluding diaryl/α,β-unsaturated/α-hetero) is 1. The van der Waals surface area contributed by atoms with Gasteiger partial charge < -0.3 is 0 Å². The van der Waals surface area contributed by atoms with E-state index in [0.717, 1.165) is 10.4 Å². The monoisotopic (exact) mass is 231 g/mol. The number of carbonyl (C=O) groups is 1. The van der Waals surface area contributed by atoms with E-state index in [0.29, 0.717) is 6.42 Å². The van der Waals surface area contributed by atoms with Crippen molar-refractivity contribution in [1.29, 1.82) is 0 Å². The fourth-order valence-electron chi connectivity index (χ4n) is 1.58. The van der Waals surface area contributed by atoms with E-state index in [2.05, 4.69) is 4.98 Å². The molecule has 0 bridgehead atoms. The van der Waals surface area contributed by atoms with Gasteiger partial charge in [-0.2, -0.15) is 0 Å². The maximum atomic E-state index is 12.0. The lowest BCUT2D eigenvalue weighted by atomic mass is 9.95. The predicted molar refractivity (Wildman–Crippen MR) is 65.7 cm³/mol.